The van der Waals surface area contributed by atoms with Gasteiger partial charge >= 0.3 is 11.8 Å². The Bertz CT molecular complexity index is 576. The van der Waals surface area contributed by atoms with Crippen molar-refractivity contribution in [1.82, 2.24) is 5.43 Å². The van der Waals surface area contributed by atoms with Crippen molar-refractivity contribution in [3.63, 3.8) is 0 Å². The van der Waals surface area contributed by atoms with Crippen molar-refractivity contribution in [1.29, 1.82) is 0 Å². The topological polar surface area (TPSA) is 84.6 Å². The number of nitrogens with two attached hydrogens (primary N) is 1. The average Bonchev–Trinajstić information content (AvgIpc) is 2.35. The number of hydrogen-bond donors (Lipinski definition) is 2. The Morgan fingerprint density at radius 3 is 2.68 bits per heavy atom. The molecule has 2 amide bonds. The fourth-order valence-corrected chi connectivity index (χ4v) is 2.44. The van der Waals surface area contributed by atoms with E-state index in [1.54, 1.807) is 0 Å². The van der Waals surface area contributed by atoms with Gasteiger partial charge in [-0.2, -0.15) is 5.10 Å². The number of hydrazone groups is 1. The molecule has 0 unspecified atom stereocenters. The Hall–Kier alpha value is -2.17. The summed E-state index contributed by atoms with van der Waals surface area (Å²) >= 11 is 0. The third-order valence-corrected chi connectivity index (χ3v) is 3.28. The Morgan fingerprint density at radius 1 is 1.26 bits per heavy atom. The molecule has 2 rings (SSSR count). The molecule has 1 aliphatic rings. The van der Waals surface area contributed by atoms with E-state index in [0.717, 1.165) is 36.1 Å². The van der Waals surface area contributed by atoms with Gasteiger partial charge in [0.2, 0.25) is 0 Å². The highest BCUT2D eigenvalue weighted by Crippen LogP contribution is 2.26. The first kappa shape index (κ1) is 13.3. The van der Waals surface area contributed by atoms with E-state index >= 15 is 0 Å². The second-order valence-electron chi connectivity index (χ2n) is 4.83. The van der Waals surface area contributed by atoms with Gasteiger partial charge in [0.25, 0.3) is 0 Å². The van der Waals surface area contributed by atoms with E-state index in [9.17, 15) is 9.59 Å². The quantitative estimate of drug-likeness (QED) is 0.581. The van der Waals surface area contributed by atoms with Gasteiger partial charge in [-0.3, -0.25) is 9.59 Å². The maximum Gasteiger partial charge on any atom is 0.329 e. The number of nitrogens with zero attached hydrogens (tertiary/aromatic N) is 1. The molecule has 0 saturated carbocycles. The lowest BCUT2D eigenvalue weighted by atomic mass is 9.86. The van der Waals surface area contributed by atoms with Crippen molar-refractivity contribution >= 4 is 17.5 Å². The highest BCUT2D eigenvalue weighted by atomic mass is 16.2. The zero-order chi connectivity index (χ0) is 14.0. The molecular formula is C14H17N3O2. The van der Waals surface area contributed by atoms with E-state index in [1.165, 1.54) is 11.1 Å². The molecule has 100 valence electrons. The number of aryl methyl sites for hydroxylation is 2. The zero-order valence-corrected chi connectivity index (χ0v) is 11.1. The molecule has 0 fully saturated rings. The van der Waals surface area contributed by atoms with E-state index < -0.39 is 11.8 Å². The minimum atomic E-state index is -1.03. The molecular weight excluding hydrogens is 242 g/mol. The van der Waals surface area contributed by atoms with Crippen LogP contribution in [-0.4, -0.2) is 17.5 Å². The van der Waals surface area contributed by atoms with Gasteiger partial charge in [0.15, 0.2) is 0 Å². The molecule has 3 N–H and O–H groups in total. The smallest absolute Gasteiger partial charge is 0.329 e. The molecule has 19 heavy (non-hydrogen) atoms. The van der Waals surface area contributed by atoms with Crippen LogP contribution in [0.1, 0.15) is 35.1 Å². The maximum absolute atomic E-state index is 11.1. The third-order valence-electron chi connectivity index (χ3n) is 3.28. The normalized spacial score (nSPS) is 16.0. The number of nitrogens with one attached hydrogen (secondary N) is 1. The van der Waals surface area contributed by atoms with Crippen LogP contribution in [0.4, 0.5) is 0 Å². The lowest BCUT2D eigenvalue weighted by molar-refractivity contribution is -0.137. The average molecular weight is 259 g/mol. The summed E-state index contributed by atoms with van der Waals surface area (Å²) in [5.41, 5.74) is 12.6. The predicted molar refractivity (Wildman–Crippen MR) is 72.7 cm³/mol. The first-order chi connectivity index (χ1) is 8.99. The first-order valence-electron chi connectivity index (χ1n) is 6.26. The number of fused-ring (bicyclic) bond motifs is 1. The summed E-state index contributed by atoms with van der Waals surface area (Å²) in [7, 11) is 0. The summed E-state index contributed by atoms with van der Waals surface area (Å²) < 4.78 is 0. The van der Waals surface area contributed by atoms with Crippen LogP contribution in [0, 0.1) is 13.8 Å². The zero-order valence-electron chi connectivity index (χ0n) is 11.1. The van der Waals surface area contributed by atoms with Crippen LogP contribution in [-0.2, 0) is 16.0 Å². The Balaban J connectivity index is 2.34. The van der Waals surface area contributed by atoms with E-state index in [4.69, 9.17) is 5.73 Å². The van der Waals surface area contributed by atoms with Crippen LogP contribution < -0.4 is 11.2 Å². The lowest BCUT2D eigenvalue weighted by Gasteiger charge is -2.20. The van der Waals surface area contributed by atoms with Gasteiger partial charge < -0.3 is 5.73 Å². The number of carbonyl (C=O) groups is 2. The molecule has 0 spiro atoms. The number of carbonyl (C=O) groups excluding carboxylic acids is 2. The molecule has 0 heterocycles. The maximum atomic E-state index is 11.1. The second-order valence-corrected chi connectivity index (χ2v) is 4.83. The SMILES string of the molecule is Cc1cc(C)c2c(c1)/C(=N\NC(=O)C(N)=O)CCC2. The van der Waals surface area contributed by atoms with Crippen molar-refractivity contribution in [2.24, 2.45) is 10.8 Å². The third kappa shape index (κ3) is 2.81. The molecule has 5 nitrogen and oxygen atoms in total. The van der Waals surface area contributed by atoms with Crippen LogP contribution in [0.15, 0.2) is 17.2 Å². The fraction of sp³-hybridized carbons (Fsp3) is 0.357. The molecule has 0 atom stereocenters. The van der Waals surface area contributed by atoms with Crippen LogP contribution >= 0.6 is 0 Å². The highest BCUT2D eigenvalue weighted by molar-refractivity contribution is 6.34. The Labute approximate surface area is 111 Å². The minimum Gasteiger partial charge on any atom is -0.361 e. The number of primary amides is 1. The molecule has 0 bridgehead atoms. The predicted octanol–water partition coefficient (Wildman–Crippen LogP) is 0.945. The van der Waals surface area contributed by atoms with Crippen molar-refractivity contribution in [2.75, 3.05) is 0 Å². The Kier molecular flexibility index (Phi) is 3.64. The van der Waals surface area contributed by atoms with Crippen molar-refractivity contribution in [2.45, 2.75) is 33.1 Å². The number of amides is 2. The molecule has 5 heteroatoms. The van der Waals surface area contributed by atoms with Crippen molar-refractivity contribution in [3.05, 3.63) is 34.4 Å². The van der Waals surface area contributed by atoms with Gasteiger partial charge in [-0.25, -0.2) is 5.43 Å². The van der Waals surface area contributed by atoms with Gasteiger partial charge in [-0.1, -0.05) is 11.6 Å². The summed E-state index contributed by atoms with van der Waals surface area (Å²) in [6, 6.07) is 4.21. The van der Waals surface area contributed by atoms with E-state index in [2.05, 4.69) is 29.6 Å². The van der Waals surface area contributed by atoms with E-state index in [1.807, 2.05) is 6.92 Å². The summed E-state index contributed by atoms with van der Waals surface area (Å²) in [5, 5.41) is 4.04. The molecule has 0 saturated heterocycles. The van der Waals surface area contributed by atoms with Gasteiger partial charge in [-0.05, 0) is 50.3 Å². The van der Waals surface area contributed by atoms with Crippen LogP contribution in [0.2, 0.25) is 0 Å². The minimum absolute atomic E-state index is 0.787. The molecule has 0 aliphatic heterocycles. The first-order valence-corrected chi connectivity index (χ1v) is 6.26. The molecule has 1 aromatic rings. The van der Waals surface area contributed by atoms with Gasteiger partial charge in [-0.15, -0.1) is 0 Å². The van der Waals surface area contributed by atoms with E-state index in [-0.39, 0.29) is 0 Å². The van der Waals surface area contributed by atoms with Gasteiger partial charge in [0.1, 0.15) is 0 Å². The molecule has 1 aromatic carbocycles. The Morgan fingerprint density at radius 2 is 2.00 bits per heavy atom. The van der Waals surface area contributed by atoms with Crippen LogP contribution in [0.3, 0.4) is 0 Å². The largest absolute Gasteiger partial charge is 0.361 e. The van der Waals surface area contributed by atoms with Crippen LogP contribution in [0.25, 0.3) is 0 Å². The standard InChI is InChI=1S/C14H17N3O2/c1-8-6-9(2)10-4-3-5-12(11(10)7-8)16-17-14(19)13(15)18/h6-7H,3-5H2,1-2H3,(H2,15,18)(H,17,19)/b16-12-. The van der Waals surface area contributed by atoms with Gasteiger partial charge in [0, 0.05) is 5.56 Å². The summed E-state index contributed by atoms with van der Waals surface area (Å²) in [4.78, 5) is 21.8. The van der Waals surface area contributed by atoms with Crippen molar-refractivity contribution < 1.29 is 9.59 Å². The molecule has 0 aromatic heterocycles. The lowest BCUT2D eigenvalue weighted by Crippen LogP contribution is -2.34. The number of rotatable bonds is 1. The summed E-state index contributed by atoms with van der Waals surface area (Å²) in [6.45, 7) is 4.11. The monoisotopic (exact) mass is 259 g/mol. The number of benzene rings is 1. The van der Waals surface area contributed by atoms with E-state index in [0.29, 0.717) is 0 Å². The second kappa shape index (κ2) is 5.22. The van der Waals surface area contributed by atoms with Crippen LogP contribution in [0.5, 0.6) is 0 Å². The number of hydrogen-bond acceptors (Lipinski definition) is 3. The highest BCUT2D eigenvalue weighted by Gasteiger charge is 2.18. The summed E-state index contributed by atoms with van der Waals surface area (Å²) in [6.07, 6.45) is 2.79. The molecule has 0 radical (unpaired) electrons. The fourth-order valence-electron chi connectivity index (χ4n) is 2.44. The van der Waals surface area contributed by atoms with Gasteiger partial charge in [0.05, 0.1) is 5.71 Å². The summed E-state index contributed by atoms with van der Waals surface area (Å²) in [5.74, 6) is -1.91. The molecule has 1 aliphatic carbocycles. The van der Waals surface area contributed by atoms with Crippen molar-refractivity contribution in [3.8, 4) is 0 Å².